The first kappa shape index (κ1) is 15.9. The first-order chi connectivity index (χ1) is 12.7. The number of hydrogen-bond acceptors (Lipinski definition) is 7. The van der Waals surface area contributed by atoms with E-state index in [9.17, 15) is 5.26 Å². The van der Waals surface area contributed by atoms with E-state index in [1.807, 2.05) is 65.7 Å². The zero-order chi connectivity index (χ0) is 17.9. The first-order valence-corrected chi connectivity index (χ1v) is 8.72. The van der Waals surface area contributed by atoms with E-state index >= 15 is 0 Å². The second-order valence-electron chi connectivity index (χ2n) is 5.53. The quantitative estimate of drug-likeness (QED) is 0.742. The van der Waals surface area contributed by atoms with Crippen molar-refractivity contribution in [2.24, 2.45) is 0 Å². The summed E-state index contributed by atoms with van der Waals surface area (Å²) in [4.78, 5) is 9.08. The summed E-state index contributed by atoms with van der Waals surface area (Å²) in [6.45, 7) is 1.95. The van der Waals surface area contributed by atoms with Crippen molar-refractivity contribution in [2.75, 3.05) is 5.43 Å². The zero-order valence-corrected chi connectivity index (χ0v) is 14.7. The van der Waals surface area contributed by atoms with Crippen molar-refractivity contribution in [3.63, 3.8) is 0 Å². The Balaban J connectivity index is 1.79. The van der Waals surface area contributed by atoms with Gasteiger partial charge in [0, 0.05) is 42.8 Å². The lowest BCUT2D eigenvalue weighted by atomic mass is 10.1. The minimum absolute atomic E-state index is 0.603. The lowest BCUT2D eigenvalue weighted by Gasteiger charge is -2.18. The number of anilines is 1. The summed E-state index contributed by atoms with van der Waals surface area (Å²) in [5.74, 6) is 0.875. The average Bonchev–Trinajstić information content (AvgIpc) is 3.28. The normalized spacial score (nSPS) is 12.7. The van der Waals surface area contributed by atoms with E-state index < -0.39 is 0 Å². The molecule has 0 fully saturated rings. The summed E-state index contributed by atoms with van der Waals surface area (Å²) >= 11 is 1.52. The van der Waals surface area contributed by atoms with Crippen molar-refractivity contribution in [1.29, 1.82) is 5.26 Å². The molecule has 0 saturated carbocycles. The number of benzene rings is 1. The van der Waals surface area contributed by atoms with E-state index in [2.05, 4.69) is 21.8 Å². The van der Waals surface area contributed by atoms with E-state index in [4.69, 9.17) is 4.98 Å². The molecule has 1 aromatic carbocycles. The number of rotatable bonds is 4. The molecule has 0 saturated heterocycles. The average molecular weight is 361 g/mol. The number of aryl methyl sites for hydroxylation is 1. The summed E-state index contributed by atoms with van der Waals surface area (Å²) < 4.78 is 2.00. The fourth-order valence-corrected chi connectivity index (χ4v) is 3.60. The number of nitriles is 1. The number of nitrogens with one attached hydrogen (secondary N) is 2. The van der Waals surface area contributed by atoms with Gasteiger partial charge in [0.05, 0.1) is 11.6 Å². The van der Waals surface area contributed by atoms with Gasteiger partial charge in [-0.15, -0.1) is 0 Å². The maximum Gasteiger partial charge on any atom is 0.204 e. The first-order valence-electron chi connectivity index (χ1n) is 7.91. The van der Waals surface area contributed by atoms with Crippen LogP contribution >= 0.6 is 11.3 Å². The zero-order valence-electron chi connectivity index (χ0n) is 13.9. The van der Waals surface area contributed by atoms with Gasteiger partial charge in [-0.2, -0.15) is 5.26 Å². The van der Waals surface area contributed by atoms with Gasteiger partial charge in [-0.3, -0.25) is 15.0 Å². The van der Waals surface area contributed by atoms with E-state index in [1.54, 1.807) is 12.3 Å². The predicted octanol–water partition coefficient (Wildman–Crippen LogP) is 3.35. The third-order valence-corrected chi connectivity index (χ3v) is 4.77. The molecule has 0 unspecified atom stereocenters. The molecule has 0 spiro atoms. The molecule has 1 aliphatic rings. The Hall–Kier alpha value is -3.57. The molecule has 0 radical (unpaired) electrons. The van der Waals surface area contributed by atoms with Gasteiger partial charge < -0.3 is 5.32 Å². The fraction of sp³-hybridized carbons (Fsp3) is 0.0556. The molecule has 3 aromatic rings. The molecule has 1 aliphatic heterocycles. The highest BCUT2D eigenvalue weighted by Crippen LogP contribution is 2.35. The third-order valence-electron chi connectivity index (χ3n) is 3.81. The summed E-state index contributed by atoms with van der Waals surface area (Å²) in [5, 5.41) is 15.7. The van der Waals surface area contributed by atoms with Crippen LogP contribution in [0.15, 0.2) is 61.5 Å². The largest absolute Gasteiger partial charge is 0.365 e. The second-order valence-corrected chi connectivity index (χ2v) is 6.50. The number of nitrogens with zero attached hydrogens (tertiary/aromatic N) is 5. The molecule has 0 bridgehead atoms. The maximum absolute atomic E-state index is 9.20. The number of aromatic nitrogens is 3. The Morgan fingerprint density at radius 3 is 2.85 bits per heavy atom. The van der Waals surface area contributed by atoms with Crippen LogP contribution in [-0.4, -0.2) is 19.5 Å². The molecule has 8 heteroatoms. The van der Waals surface area contributed by atoms with Crippen molar-refractivity contribution >= 4 is 16.5 Å². The minimum atomic E-state index is 0.603. The number of imidazole rings is 1. The highest BCUT2D eigenvalue weighted by Gasteiger charge is 2.17. The van der Waals surface area contributed by atoms with E-state index in [1.165, 1.54) is 11.3 Å². The second kappa shape index (κ2) is 6.74. The van der Waals surface area contributed by atoms with Crippen LogP contribution in [0.4, 0.5) is 5.13 Å². The molecule has 3 heterocycles. The minimum Gasteiger partial charge on any atom is -0.365 e. The standard InChI is InChI=1S/C18H15N7S/c1-13-21-7-10-25(13)17-16(15-4-2-3-14(11-15)12-19)22-18(26-17)23-24-8-5-20-6-9-24/h2-11,20H,1H3,(H,22,23). The number of thiazole rings is 1. The van der Waals surface area contributed by atoms with E-state index in [0.717, 1.165) is 27.2 Å². The highest BCUT2D eigenvalue weighted by atomic mass is 32.1. The van der Waals surface area contributed by atoms with Crippen LogP contribution in [0.1, 0.15) is 11.4 Å². The fourth-order valence-electron chi connectivity index (χ4n) is 2.58. The Bertz CT molecular complexity index is 1030. The molecule has 2 aromatic heterocycles. The topological polar surface area (TPSA) is 81.8 Å². The lowest BCUT2D eigenvalue weighted by Crippen LogP contribution is -2.21. The summed E-state index contributed by atoms with van der Waals surface area (Å²) in [5.41, 5.74) is 5.55. The SMILES string of the molecule is Cc1nccn1-c1sc(NN2C=CNC=C2)nc1-c1cccc(C#N)c1. The van der Waals surface area contributed by atoms with Gasteiger partial charge in [-0.1, -0.05) is 23.5 Å². The van der Waals surface area contributed by atoms with Gasteiger partial charge >= 0.3 is 0 Å². The van der Waals surface area contributed by atoms with Crippen LogP contribution in [0.3, 0.4) is 0 Å². The molecular weight excluding hydrogens is 346 g/mol. The molecule has 128 valence electrons. The van der Waals surface area contributed by atoms with Crippen LogP contribution in [-0.2, 0) is 0 Å². The van der Waals surface area contributed by atoms with Crippen LogP contribution in [0, 0.1) is 18.3 Å². The van der Waals surface area contributed by atoms with Gasteiger partial charge in [0.15, 0.2) is 0 Å². The van der Waals surface area contributed by atoms with E-state index in [-0.39, 0.29) is 0 Å². The van der Waals surface area contributed by atoms with Gasteiger partial charge in [-0.05, 0) is 19.1 Å². The van der Waals surface area contributed by atoms with Crippen molar-refractivity contribution in [2.45, 2.75) is 6.92 Å². The summed E-state index contributed by atoms with van der Waals surface area (Å²) in [6, 6.07) is 9.64. The van der Waals surface area contributed by atoms with Crippen LogP contribution in [0.5, 0.6) is 0 Å². The van der Waals surface area contributed by atoms with Crippen molar-refractivity contribution in [1.82, 2.24) is 24.9 Å². The molecule has 4 rings (SSSR count). The monoisotopic (exact) mass is 361 g/mol. The predicted molar refractivity (Wildman–Crippen MR) is 101 cm³/mol. The van der Waals surface area contributed by atoms with Crippen LogP contribution in [0.2, 0.25) is 0 Å². The smallest absolute Gasteiger partial charge is 0.204 e. The Kier molecular flexibility index (Phi) is 4.13. The maximum atomic E-state index is 9.20. The highest BCUT2D eigenvalue weighted by molar-refractivity contribution is 7.18. The molecule has 7 nitrogen and oxygen atoms in total. The van der Waals surface area contributed by atoms with Gasteiger partial charge in [0.2, 0.25) is 5.13 Å². The molecule has 26 heavy (non-hydrogen) atoms. The Labute approximate surface area is 154 Å². The van der Waals surface area contributed by atoms with Gasteiger partial charge in [-0.25, -0.2) is 9.97 Å². The summed E-state index contributed by atoms with van der Waals surface area (Å²) in [7, 11) is 0. The van der Waals surface area contributed by atoms with Gasteiger partial charge in [0.25, 0.3) is 0 Å². The third kappa shape index (κ3) is 3.03. The molecule has 0 atom stereocenters. The van der Waals surface area contributed by atoms with Gasteiger partial charge in [0.1, 0.15) is 16.5 Å². The number of hydrazine groups is 1. The van der Waals surface area contributed by atoms with Crippen molar-refractivity contribution in [3.8, 4) is 22.3 Å². The Morgan fingerprint density at radius 1 is 1.27 bits per heavy atom. The molecular formula is C18H15N7S. The Morgan fingerprint density at radius 2 is 2.12 bits per heavy atom. The summed E-state index contributed by atoms with van der Waals surface area (Å²) in [6.07, 6.45) is 11.0. The lowest BCUT2D eigenvalue weighted by molar-refractivity contribution is 0.592. The van der Waals surface area contributed by atoms with Crippen LogP contribution in [0.25, 0.3) is 16.3 Å². The molecule has 2 N–H and O–H groups in total. The van der Waals surface area contributed by atoms with Crippen LogP contribution < -0.4 is 10.7 Å². The molecule has 0 aliphatic carbocycles. The molecule has 0 amide bonds. The van der Waals surface area contributed by atoms with Crippen molar-refractivity contribution < 1.29 is 0 Å². The van der Waals surface area contributed by atoms with E-state index in [0.29, 0.717) is 5.56 Å². The van der Waals surface area contributed by atoms with Crippen molar-refractivity contribution in [3.05, 3.63) is 72.8 Å². The number of hydrogen-bond donors (Lipinski definition) is 2.